The second-order valence-electron chi connectivity index (χ2n) is 5.96. The van der Waals surface area contributed by atoms with Crippen molar-refractivity contribution in [1.29, 1.82) is 0 Å². The molecule has 2 rings (SSSR count). The van der Waals surface area contributed by atoms with Crippen LogP contribution in [-0.4, -0.2) is 39.5 Å². The van der Waals surface area contributed by atoms with Gasteiger partial charge in [0.1, 0.15) is 0 Å². The monoisotopic (exact) mass is 375 g/mol. The molecule has 0 radical (unpaired) electrons. The average molecular weight is 376 g/mol. The van der Waals surface area contributed by atoms with Gasteiger partial charge in [-0.15, -0.1) is 12.4 Å². The number of halogens is 1. The quantitative estimate of drug-likeness (QED) is 0.676. The fraction of sp³-hybridized carbons (Fsp3) is 0.562. The molecule has 1 aliphatic rings. The number of hydrogen-bond donors (Lipinski definition) is 3. The number of amides is 1. The maximum absolute atomic E-state index is 12.2. The van der Waals surface area contributed by atoms with E-state index in [1.54, 1.807) is 12.1 Å². The minimum Gasteiger partial charge on any atom is -0.350 e. The molecular formula is C16H26ClN3O3S. The summed E-state index contributed by atoms with van der Waals surface area (Å²) in [6, 6.07) is 6.23. The number of nitrogens with one attached hydrogen (secondary N) is 3. The molecule has 0 aromatic heterocycles. The van der Waals surface area contributed by atoms with Crippen LogP contribution in [-0.2, 0) is 10.0 Å². The molecule has 1 heterocycles. The highest BCUT2D eigenvalue weighted by Crippen LogP contribution is 2.12. The first-order valence-electron chi connectivity index (χ1n) is 8.06. The molecule has 0 bridgehead atoms. The molecule has 2 unspecified atom stereocenters. The number of rotatable bonds is 7. The van der Waals surface area contributed by atoms with Crippen LogP contribution in [0.25, 0.3) is 0 Å². The van der Waals surface area contributed by atoms with E-state index in [2.05, 4.69) is 15.4 Å². The van der Waals surface area contributed by atoms with Crippen molar-refractivity contribution in [2.45, 2.75) is 50.1 Å². The van der Waals surface area contributed by atoms with Crippen molar-refractivity contribution < 1.29 is 13.2 Å². The van der Waals surface area contributed by atoms with E-state index >= 15 is 0 Å². The van der Waals surface area contributed by atoms with Crippen LogP contribution in [0, 0.1) is 0 Å². The summed E-state index contributed by atoms with van der Waals surface area (Å²) in [6.07, 6.45) is 2.92. The van der Waals surface area contributed by atoms with Crippen molar-refractivity contribution in [3.8, 4) is 0 Å². The number of carbonyl (C=O) groups excluding carboxylic acids is 1. The van der Waals surface area contributed by atoms with Crippen molar-refractivity contribution in [1.82, 2.24) is 15.4 Å². The molecule has 3 N–H and O–H groups in total. The topological polar surface area (TPSA) is 87.3 Å². The molecule has 6 nitrogen and oxygen atoms in total. The van der Waals surface area contributed by atoms with E-state index in [-0.39, 0.29) is 29.3 Å². The molecular weight excluding hydrogens is 350 g/mol. The van der Waals surface area contributed by atoms with Gasteiger partial charge in [0.25, 0.3) is 5.91 Å². The lowest BCUT2D eigenvalue weighted by Gasteiger charge is -2.13. The van der Waals surface area contributed by atoms with Crippen LogP contribution in [0.5, 0.6) is 0 Å². The van der Waals surface area contributed by atoms with E-state index in [4.69, 9.17) is 0 Å². The predicted molar refractivity (Wildman–Crippen MR) is 97.1 cm³/mol. The second kappa shape index (κ2) is 9.36. The largest absolute Gasteiger partial charge is 0.350 e. The van der Waals surface area contributed by atoms with Crippen molar-refractivity contribution in [2.24, 2.45) is 0 Å². The Balaban J connectivity index is 0.00000288. The van der Waals surface area contributed by atoms with Gasteiger partial charge in [-0.3, -0.25) is 4.79 Å². The third-order valence-electron chi connectivity index (χ3n) is 4.07. The summed E-state index contributed by atoms with van der Waals surface area (Å²) in [7, 11) is -3.53. The molecule has 8 heteroatoms. The smallest absolute Gasteiger partial charge is 0.251 e. The van der Waals surface area contributed by atoms with Gasteiger partial charge in [-0.2, -0.15) is 0 Å². The van der Waals surface area contributed by atoms with E-state index in [0.717, 1.165) is 25.8 Å². The van der Waals surface area contributed by atoms with Crippen LogP contribution in [0.4, 0.5) is 0 Å². The van der Waals surface area contributed by atoms with Gasteiger partial charge in [-0.1, -0.05) is 6.92 Å². The lowest BCUT2D eigenvalue weighted by atomic mass is 10.2. The average Bonchev–Trinajstić information content (AvgIpc) is 3.05. The number of benzene rings is 1. The minimum atomic E-state index is -3.53. The lowest BCUT2D eigenvalue weighted by molar-refractivity contribution is 0.0950. The van der Waals surface area contributed by atoms with E-state index in [9.17, 15) is 13.2 Å². The molecule has 0 aliphatic carbocycles. The Labute approximate surface area is 150 Å². The van der Waals surface area contributed by atoms with Crippen LogP contribution in [0.15, 0.2) is 29.2 Å². The zero-order valence-corrected chi connectivity index (χ0v) is 15.7. The molecule has 1 aliphatic heterocycles. The van der Waals surface area contributed by atoms with Crippen LogP contribution in [0.1, 0.15) is 43.5 Å². The Bertz CT molecular complexity index is 628. The molecule has 136 valence electrons. The van der Waals surface area contributed by atoms with Gasteiger partial charge in [0.05, 0.1) is 4.90 Å². The van der Waals surface area contributed by atoms with Gasteiger partial charge in [-0.25, -0.2) is 13.1 Å². The van der Waals surface area contributed by atoms with Gasteiger partial charge >= 0.3 is 0 Å². The fourth-order valence-corrected chi connectivity index (χ4v) is 3.78. The summed E-state index contributed by atoms with van der Waals surface area (Å²) >= 11 is 0. The third kappa shape index (κ3) is 5.73. The Morgan fingerprint density at radius 3 is 2.54 bits per heavy atom. The van der Waals surface area contributed by atoms with Crippen molar-refractivity contribution in [3.05, 3.63) is 29.8 Å². The van der Waals surface area contributed by atoms with E-state index in [1.165, 1.54) is 12.1 Å². The maximum atomic E-state index is 12.2. The highest BCUT2D eigenvalue weighted by molar-refractivity contribution is 7.89. The first-order chi connectivity index (χ1) is 10.9. The Hall–Kier alpha value is -1.15. The molecule has 1 aromatic carbocycles. The zero-order valence-electron chi connectivity index (χ0n) is 14.0. The molecule has 1 saturated heterocycles. The summed E-state index contributed by atoms with van der Waals surface area (Å²) in [4.78, 5) is 12.3. The standard InChI is InChI=1S/C16H25N3O3S.ClH/c1-3-12(2)19-23(21,22)15-8-6-13(7-9-15)16(20)18-11-14-5-4-10-17-14;/h6-9,12,14,17,19H,3-5,10-11H2,1-2H3,(H,18,20);1H. The van der Waals surface area contributed by atoms with Crippen LogP contribution in [0.3, 0.4) is 0 Å². The Kier molecular flexibility index (Phi) is 8.15. The van der Waals surface area contributed by atoms with Gasteiger partial charge in [0.15, 0.2) is 0 Å². The lowest BCUT2D eigenvalue weighted by Crippen LogP contribution is -2.37. The highest BCUT2D eigenvalue weighted by Gasteiger charge is 2.18. The maximum Gasteiger partial charge on any atom is 0.251 e. The molecule has 2 atom stereocenters. The number of hydrogen-bond acceptors (Lipinski definition) is 4. The van der Waals surface area contributed by atoms with Gasteiger partial charge < -0.3 is 10.6 Å². The van der Waals surface area contributed by atoms with E-state index < -0.39 is 10.0 Å². The van der Waals surface area contributed by atoms with Crippen LogP contribution < -0.4 is 15.4 Å². The molecule has 0 spiro atoms. The third-order valence-corrected chi connectivity index (χ3v) is 5.67. The Morgan fingerprint density at radius 2 is 2.00 bits per heavy atom. The first-order valence-corrected chi connectivity index (χ1v) is 9.54. The molecule has 1 fully saturated rings. The second-order valence-corrected chi connectivity index (χ2v) is 7.67. The van der Waals surface area contributed by atoms with Crippen molar-refractivity contribution in [2.75, 3.05) is 13.1 Å². The molecule has 1 aromatic rings. The van der Waals surface area contributed by atoms with Crippen LogP contribution in [0.2, 0.25) is 0 Å². The van der Waals surface area contributed by atoms with Gasteiger partial charge in [0, 0.05) is 24.2 Å². The summed E-state index contributed by atoms with van der Waals surface area (Å²) in [5.41, 5.74) is 0.463. The van der Waals surface area contributed by atoms with Crippen molar-refractivity contribution in [3.63, 3.8) is 0 Å². The van der Waals surface area contributed by atoms with Gasteiger partial charge in [0.2, 0.25) is 10.0 Å². The summed E-state index contributed by atoms with van der Waals surface area (Å²) in [5.74, 6) is -0.183. The number of carbonyl (C=O) groups is 1. The van der Waals surface area contributed by atoms with Crippen LogP contribution >= 0.6 is 12.4 Å². The molecule has 24 heavy (non-hydrogen) atoms. The first kappa shape index (κ1) is 20.9. The summed E-state index contributed by atoms with van der Waals surface area (Å²) < 4.78 is 26.9. The van der Waals surface area contributed by atoms with E-state index in [1.807, 2.05) is 13.8 Å². The summed E-state index contributed by atoms with van der Waals surface area (Å²) in [6.45, 7) is 5.32. The predicted octanol–water partition coefficient (Wildman–Crippen LogP) is 1.67. The molecule has 1 amide bonds. The zero-order chi connectivity index (χ0) is 16.9. The fourth-order valence-electron chi connectivity index (χ4n) is 2.45. The van der Waals surface area contributed by atoms with Gasteiger partial charge in [-0.05, 0) is 57.0 Å². The number of sulfonamides is 1. The SMILES string of the molecule is CCC(C)NS(=O)(=O)c1ccc(C(=O)NCC2CCCN2)cc1.Cl. The highest BCUT2D eigenvalue weighted by atomic mass is 35.5. The Morgan fingerprint density at radius 1 is 1.33 bits per heavy atom. The van der Waals surface area contributed by atoms with Crippen molar-refractivity contribution >= 4 is 28.3 Å². The normalized spacial score (nSPS) is 18.7. The summed E-state index contributed by atoms with van der Waals surface area (Å²) in [5, 5.41) is 6.19. The molecule has 0 saturated carbocycles. The van der Waals surface area contributed by atoms with E-state index in [0.29, 0.717) is 18.2 Å². The minimum absolute atomic E-state index is 0.